The van der Waals surface area contributed by atoms with E-state index in [1.165, 1.54) is 33.6 Å². The highest BCUT2D eigenvalue weighted by molar-refractivity contribution is 8.00. The summed E-state index contributed by atoms with van der Waals surface area (Å²) in [5.41, 5.74) is 3.31. The van der Waals surface area contributed by atoms with Gasteiger partial charge in [0.1, 0.15) is 17.3 Å². The van der Waals surface area contributed by atoms with Crippen molar-refractivity contribution in [2.24, 2.45) is 0 Å². The van der Waals surface area contributed by atoms with Crippen molar-refractivity contribution < 1.29 is 24.2 Å². The van der Waals surface area contributed by atoms with Gasteiger partial charge in [0.15, 0.2) is 4.34 Å². The molecule has 1 saturated heterocycles. The molecule has 1 atom stereocenters. The molecule has 1 fully saturated rings. The van der Waals surface area contributed by atoms with E-state index in [0.29, 0.717) is 39.3 Å². The lowest BCUT2D eigenvalue weighted by Gasteiger charge is -2.23. The van der Waals surface area contributed by atoms with Gasteiger partial charge in [-0.15, -0.1) is 10.2 Å². The van der Waals surface area contributed by atoms with Crippen molar-refractivity contribution in [1.29, 1.82) is 0 Å². The van der Waals surface area contributed by atoms with E-state index in [1.54, 1.807) is 31.4 Å². The first-order valence-electron chi connectivity index (χ1n) is 14.1. The van der Waals surface area contributed by atoms with Gasteiger partial charge in [-0.05, 0) is 60.9 Å². The number of Topliss-reactive ketones (excluding diaryl/α,β-unsaturated/α-hetero) is 1. The van der Waals surface area contributed by atoms with Gasteiger partial charge in [0.05, 0.1) is 25.3 Å². The summed E-state index contributed by atoms with van der Waals surface area (Å²) in [4.78, 5) is 28.5. The minimum absolute atomic E-state index is 0.0256. The van der Waals surface area contributed by atoms with Crippen LogP contribution in [0.4, 0.5) is 5.13 Å². The van der Waals surface area contributed by atoms with Crippen molar-refractivity contribution >= 4 is 45.7 Å². The molecule has 43 heavy (non-hydrogen) atoms. The monoisotopic (exact) mass is 615 g/mol. The summed E-state index contributed by atoms with van der Waals surface area (Å²) < 4.78 is 11.9. The third-order valence-electron chi connectivity index (χ3n) is 7.08. The molecular formula is C33H33N3O5S2. The Morgan fingerprint density at radius 3 is 2.49 bits per heavy atom. The lowest BCUT2D eigenvalue weighted by molar-refractivity contribution is -0.132. The fourth-order valence-corrected chi connectivity index (χ4v) is 6.58. The van der Waals surface area contributed by atoms with Crippen molar-refractivity contribution in [3.63, 3.8) is 0 Å². The molecule has 1 amide bonds. The largest absolute Gasteiger partial charge is 0.507 e. The number of rotatable bonds is 12. The van der Waals surface area contributed by atoms with Crippen molar-refractivity contribution in [2.75, 3.05) is 18.6 Å². The number of unbranched alkanes of at least 4 members (excludes halogenated alkanes) is 2. The summed E-state index contributed by atoms with van der Waals surface area (Å²) in [6, 6.07) is 21.3. The number of ether oxygens (including phenoxy) is 2. The molecule has 1 aliphatic rings. The number of methoxy groups -OCH3 is 1. The third kappa shape index (κ3) is 6.92. The summed E-state index contributed by atoms with van der Waals surface area (Å²) in [5, 5.41) is 20.4. The summed E-state index contributed by atoms with van der Waals surface area (Å²) in [5.74, 6) is 0.0613. The van der Waals surface area contributed by atoms with E-state index in [0.717, 1.165) is 24.8 Å². The molecular weight excluding hydrogens is 583 g/mol. The van der Waals surface area contributed by atoms with E-state index in [1.807, 2.05) is 31.2 Å². The highest BCUT2D eigenvalue weighted by Crippen LogP contribution is 2.44. The van der Waals surface area contributed by atoms with Gasteiger partial charge in [0, 0.05) is 11.3 Å². The SMILES string of the molecule is CCCCCOc1cccc(C2/C(=C(\O)c3ccc(OC)cc3)C(=O)C(=O)N2c2nnc(SCc3ccc(C)cc3)s2)c1. The maximum Gasteiger partial charge on any atom is 0.301 e. The highest BCUT2D eigenvalue weighted by atomic mass is 32.2. The highest BCUT2D eigenvalue weighted by Gasteiger charge is 2.48. The van der Waals surface area contributed by atoms with Crippen molar-refractivity contribution in [2.45, 2.75) is 49.2 Å². The van der Waals surface area contributed by atoms with Crippen LogP contribution in [-0.4, -0.2) is 40.7 Å². The molecule has 0 spiro atoms. The van der Waals surface area contributed by atoms with E-state index in [2.05, 4.69) is 41.4 Å². The van der Waals surface area contributed by atoms with Gasteiger partial charge < -0.3 is 14.6 Å². The number of nitrogens with zero attached hydrogens (tertiary/aromatic N) is 3. The number of hydrogen-bond donors (Lipinski definition) is 1. The van der Waals surface area contributed by atoms with Crippen LogP contribution in [-0.2, 0) is 15.3 Å². The van der Waals surface area contributed by atoms with Crippen LogP contribution in [0.25, 0.3) is 5.76 Å². The van der Waals surface area contributed by atoms with Gasteiger partial charge in [-0.3, -0.25) is 14.5 Å². The van der Waals surface area contributed by atoms with Gasteiger partial charge in [-0.25, -0.2) is 0 Å². The van der Waals surface area contributed by atoms with Crippen LogP contribution in [0.3, 0.4) is 0 Å². The number of thioether (sulfide) groups is 1. The van der Waals surface area contributed by atoms with Crippen LogP contribution in [0.2, 0.25) is 0 Å². The number of hydrogen-bond acceptors (Lipinski definition) is 9. The predicted molar refractivity (Wildman–Crippen MR) is 170 cm³/mol. The summed E-state index contributed by atoms with van der Waals surface area (Å²) in [7, 11) is 1.55. The van der Waals surface area contributed by atoms with E-state index < -0.39 is 17.7 Å². The van der Waals surface area contributed by atoms with Crippen molar-refractivity contribution in [1.82, 2.24) is 10.2 Å². The molecule has 10 heteroatoms. The molecule has 4 aromatic rings. The summed E-state index contributed by atoms with van der Waals surface area (Å²) in [6.45, 7) is 4.73. The van der Waals surface area contributed by atoms with Crippen molar-refractivity contribution in [3.05, 3.63) is 101 Å². The molecule has 2 heterocycles. The smallest absolute Gasteiger partial charge is 0.301 e. The van der Waals surface area contributed by atoms with Gasteiger partial charge in [-0.1, -0.05) is 84.8 Å². The third-order valence-corrected chi connectivity index (χ3v) is 9.21. The summed E-state index contributed by atoms with van der Waals surface area (Å²) >= 11 is 2.75. The fourth-order valence-electron chi connectivity index (χ4n) is 4.75. The maximum atomic E-state index is 13.6. The zero-order chi connectivity index (χ0) is 30.3. The number of aliphatic hydroxyl groups excluding tert-OH is 1. The van der Waals surface area contributed by atoms with E-state index in [-0.39, 0.29) is 16.5 Å². The minimum Gasteiger partial charge on any atom is -0.507 e. The quantitative estimate of drug-likeness (QED) is 0.0441. The molecule has 0 saturated carbocycles. The van der Waals surface area contributed by atoms with E-state index in [4.69, 9.17) is 9.47 Å². The number of aliphatic hydroxyl groups is 1. The fraction of sp³-hybridized carbons (Fsp3) is 0.273. The number of amides is 1. The van der Waals surface area contributed by atoms with Crippen LogP contribution in [0, 0.1) is 6.92 Å². The van der Waals surface area contributed by atoms with E-state index in [9.17, 15) is 14.7 Å². The number of benzene rings is 3. The Kier molecular flexibility index (Phi) is 9.79. The Hall–Kier alpha value is -4.15. The second-order valence-corrected chi connectivity index (χ2v) is 12.3. The number of anilines is 1. The second kappa shape index (κ2) is 13.9. The Morgan fingerprint density at radius 2 is 1.77 bits per heavy atom. The number of aromatic nitrogens is 2. The number of carbonyl (C=O) groups is 2. The molecule has 0 bridgehead atoms. The second-order valence-electron chi connectivity index (χ2n) is 10.2. The molecule has 222 valence electrons. The van der Waals surface area contributed by atoms with Crippen molar-refractivity contribution in [3.8, 4) is 11.5 Å². The predicted octanol–water partition coefficient (Wildman–Crippen LogP) is 7.34. The van der Waals surface area contributed by atoms with Crippen LogP contribution < -0.4 is 14.4 Å². The Morgan fingerprint density at radius 1 is 1.00 bits per heavy atom. The number of ketones is 1. The molecule has 1 aliphatic heterocycles. The average molecular weight is 616 g/mol. The standard InChI is InChI=1S/C33H33N3O5S2/c1-4-5-6-18-41-26-9-7-8-24(19-26)28-27(29(37)23-14-16-25(40-3)17-15-23)30(38)31(39)36(28)32-34-35-33(43-32)42-20-22-12-10-21(2)11-13-22/h7-17,19,28,37H,4-6,18,20H2,1-3H3/b29-27+. The molecule has 8 nitrogen and oxygen atoms in total. The minimum atomic E-state index is -0.927. The Bertz CT molecular complexity index is 1620. The normalized spacial score (nSPS) is 16.1. The Balaban J connectivity index is 1.51. The van der Waals surface area contributed by atoms with Gasteiger partial charge in [0.25, 0.3) is 5.78 Å². The zero-order valence-electron chi connectivity index (χ0n) is 24.3. The first-order chi connectivity index (χ1) is 20.9. The first kappa shape index (κ1) is 30.3. The molecule has 5 rings (SSSR count). The molecule has 0 aliphatic carbocycles. The number of aryl methyl sites for hydroxylation is 1. The van der Waals surface area contributed by atoms with Crippen LogP contribution >= 0.6 is 23.1 Å². The maximum absolute atomic E-state index is 13.6. The van der Waals surface area contributed by atoms with E-state index >= 15 is 0 Å². The van der Waals surface area contributed by atoms with Gasteiger partial charge in [-0.2, -0.15) is 0 Å². The zero-order valence-corrected chi connectivity index (χ0v) is 25.9. The molecule has 0 radical (unpaired) electrons. The molecule has 3 aromatic carbocycles. The molecule has 1 unspecified atom stereocenters. The topological polar surface area (TPSA) is 102 Å². The lowest BCUT2D eigenvalue weighted by Crippen LogP contribution is -2.29. The van der Waals surface area contributed by atoms with Crippen LogP contribution in [0.1, 0.15) is 54.5 Å². The lowest BCUT2D eigenvalue weighted by atomic mass is 9.95. The van der Waals surface area contributed by atoms with Gasteiger partial charge in [0.2, 0.25) is 5.13 Å². The van der Waals surface area contributed by atoms with Crippen LogP contribution in [0.5, 0.6) is 11.5 Å². The first-order valence-corrected chi connectivity index (χ1v) is 15.9. The number of carbonyl (C=O) groups excluding carboxylic acids is 2. The Labute approximate surface area is 259 Å². The van der Waals surface area contributed by atoms with Gasteiger partial charge >= 0.3 is 5.91 Å². The van der Waals surface area contributed by atoms with Crippen LogP contribution in [0.15, 0.2) is 82.7 Å². The average Bonchev–Trinajstić information content (AvgIpc) is 3.60. The molecule has 1 aromatic heterocycles. The molecule has 1 N–H and O–H groups in total. The summed E-state index contributed by atoms with van der Waals surface area (Å²) in [6.07, 6.45) is 3.06.